The Labute approximate surface area is 242 Å². The van der Waals surface area contributed by atoms with Crippen LogP contribution >= 0.6 is 0 Å². The van der Waals surface area contributed by atoms with Crippen molar-refractivity contribution in [3.05, 3.63) is 82.7 Å². The van der Waals surface area contributed by atoms with Gasteiger partial charge in [0.15, 0.2) is 5.82 Å². The van der Waals surface area contributed by atoms with Crippen LogP contribution in [0.25, 0.3) is 22.2 Å². The molecule has 1 saturated carbocycles. The van der Waals surface area contributed by atoms with Gasteiger partial charge >= 0.3 is 6.18 Å². The lowest BCUT2D eigenvalue weighted by atomic mass is 9.90. The van der Waals surface area contributed by atoms with Crippen molar-refractivity contribution in [2.75, 3.05) is 6.54 Å². The van der Waals surface area contributed by atoms with E-state index in [-0.39, 0.29) is 23.0 Å². The lowest BCUT2D eigenvalue weighted by molar-refractivity contribution is -0.265. The molecule has 0 aliphatic heterocycles. The summed E-state index contributed by atoms with van der Waals surface area (Å²) in [5.74, 6) is -2.57. The predicted octanol–water partition coefficient (Wildman–Crippen LogP) is 5.23. The molecule has 5 rings (SSSR count). The number of amides is 1. The smallest absolute Gasteiger partial charge is 0.424 e. The Kier molecular flexibility index (Phi) is 7.59. The Balaban J connectivity index is 1.54. The van der Waals surface area contributed by atoms with Crippen molar-refractivity contribution in [1.82, 2.24) is 20.5 Å². The SMILES string of the molecule is Cc1cc2cc(C(=O)NC[C@](O)(c3cc(C(C)(C)O)c(F)c(-c4ccc(F)cc4)n3)C(F)(F)F)cc(OC3CC3)c2nn1. The van der Waals surface area contributed by atoms with Gasteiger partial charge in [0.25, 0.3) is 5.91 Å². The van der Waals surface area contributed by atoms with E-state index in [0.29, 0.717) is 22.7 Å². The second-order valence-corrected chi connectivity index (χ2v) is 11.0. The normalized spacial score (nSPS) is 15.3. The van der Waals surface area contributed by atoms with Gasteiger partial charge < -0.3 is 20.3 Å². The number of carbonyl (C=O) groups excluding carboxylic acids is 1. The number of hydrogen-bond acceptors (Lipinski definition) is 7. The van der Waals surface area contributed by atoms with Gasteiger partial charge in [0, 0.05) is 22.1 Å². The maximum Gasteiger partial charge on any atom is 0.424 e. The molecule has 1 aliphatic carbocycles. The lowest BCUT2D eigenvalue weighted by Gasteiger charge is -2.32. The standard InChI is InChI=1S/C30H27F5N4O4/c1-15-10-17-11-18(12-22(25(17)39-38-15)43-20-8-9-20)27(40)36-14-29(42,30(33,34)35)23-13-21(28(2,3)41)24(32)26(37-23)16-4-6-19(31)7-5-16/h4-7,10-13,20,41-42H,8-9,14H2,1-3H3,(H,36,40)/t29-/m0/s1. The molecule has 4 aromatic rings. The fourth-order valence-corrected chi connectivity index (χ4v) is 4.45. The van der Waals surface area contributed by atoms with Crippen LogP contribution in [0.15, 0.2) is 48.5 Å². The number of alkyl halides is 3. The van der Waals surface area contributed by atoms with Gasteiger partial charge in [0.05, 0.1) is 29.6 Å². The molecule has 0 spiro atoms. The van der Waals surface area contributed by atoms with Gasteiger partial charge in [-0.2, -0.15) is 18.3 Å². The van der Waals surface area contributed by atoms with E-state index in [4.69, 9.17) is 4.74 Å². The zero-order valence-corrected chi connectivity index (χ0v) is 23.3. The monoisotopic (exact) mass is 602 g/mol. The van der Waals surface area contributed by atoms with Gasteiger partial charge in [-0.1, -0.05) is 0 Å². The first kappa shape index (κ1) is 30.2. The third-order valence-electron chi connectivity index (χ3n) is 6.99. The highest BCUT2D eigenvalue weighted by Gasteiger charge is 2.57. The number of hydrogen-bond donors (Lipinski definition) is 3. The van der Waals surface area contributed by atoms with Gasteiger partial charge in [-0.05, 0) is 82.1 Å². The van der Waals surface area contributed by atoms with Gasteiger partial charge in [-0.3, -0.25) is 4.79 Å². The quantitative estimate of drug-likeness (QED) is 0.237. The van der Waals surface area contributed by atoms with Crippen LogP contribution < -0.4 is 10.1 Å². The minimum Gasteiger partial charge on any atom is -0.488 e. The zero-order chi connectivity index (χ0) is 31.3. The largest absolute Gasteiger partial charge is 0.488 e. The number of rotatable bonds is 8. The number of benzene rings is 2. The summed E-state index contributed by atoms with van der Waals surface area (Å²) in [5.41, 5.74) is -7.41. The third-order valence-corrected chi connectivity index (χ3v) is 6.99. The minimum atomic E-state index is -5.42. The van der Waals surface area contributed by atoms with E-state index in [2.05, 4.69) is 20.5 Å². The van der Waals surface area contributed by atoms with Crippen molar-refractivity contribution in [2.24, 2.45) is 0 Å². The van der Waals surface area contributed by atoms with E-state index >= 15 is 4.39 Å². The average molecular weight is 603 g/mol. The molecule has 2 heterocycles. The van der Waals surface area contributed by atoms with Crippen molar-refractivity contribution in [3.8, 4) is 17.0 Å². The topological polar surface area (TPSA) is 117 Å². The summed E-state index contributed by atoms with van der Waals surface area (Å²) < 4.78 is 78.5. The van der Waals surface area contributed by atoms with Crippen LogP contribution in [0.3, 0.4) is 0 Å². The highest BCUT2D eigenvalue weighted by atomic mass is 19.4. The number of pyridine rings is 1. The molecule has 1 amide bonds. The van der Waals surface area contributed by atoms with Crippen LogP contribution in [-0.2, 0) is 11.2 Å². The molecule has 13 heteroatoms. The number of aromatic nitrogens is 3. The summed E-state index contributed by atoms with van der Waals surface area (Å²) in [4.78, 5) is 17.0. The summed E-state index contributed by atoms with van der Waals surface area (Å²) in [6.07, 6.45) is -3.90. The Morgan fingerprint density at radius 1 is 1.02 bits per heavy atom. The predicted molar refractivity (Wildman–Crippen MR) is 145 cm³/mol. The highest BCUT2D eigenvalue weighted by molar-refractivity contribution is 5.99. The Morgan fingerprint density at radius 3 is 2.30 bits per heavy atom. The second-order valence-electron chi connectivity index (χ2n) is 11.0. The molecular weight excluding hydrogens is 575 g/mol. The summed E-state index contributed by atoms with van der Waals surface area (Å²) in [7, 11) is 0. The van der Waals surface area contributed by atoms with Crippen LogP contribution in [-0.4, -0.2) is 50.1 Å². The fraction of sp³-hybridized carbons (Fsp3) is 0.333. The third kappa shape index (κ3) is 6.13. The number of ether oxygens (including phenoxy) is 1. The van der Waals surface area contributed by atoms with Crippen LogP contribution in [0.5, 0.6) is 5.75 Å². The molecule has 0 unspecified atom stereocenters. The molecule has 3 N–H and O–H groups in total. The van der Waals surface area contributed by atoms with Gasteiger partial charge in [0.2, 0.25) is 5.60 Å². The Hall–Kier alpha value is -4.23. The molecule has 1 atom stereocenters. The molecule has 8 nitrogen and oxygen atoms in total. The van der Waals surface area contributed by atoms with Crippen LogP contribution in [0, 0.1) is 18.6 Å². The van der Waals surface area contributed by atoms with Gasteiger partial charge in [-0.25, -0.2) is 13.8 Å². The fourth-order valence-electron chi connectivity index (χ4n) is 4.45. The summed E-state index contributed by atoms with van der Waals surface area (Å²) in [6.45, 7) is 2.56. The van der Waals surface area contributed by atoms with E-state index in [9.17, 15) is 32.6 Å². The molecule has 0 radical (unpaired) electrons. The van der Waals surface area contributed by atoms with Crippen LogP contribution in [0.4, 0.5) is 22.0 Å². The maximum atomic E-state index is 15.5. The summed E-state index contributed by atoms with van der Waals surface area (Å²) in [6, 6.07) is 9.10. The lowest BCUT2D eigenvalue weighted by Crippen LogP contribution is -2.51. The molecular formula is C30H27F5N4O4. The molecule has 1 fully saturated rings. The number of aliphatic hydroxyl groups is 2. The molecule has 2 aromatic heterocycles. The van der Waals surface area contributed by atoms with Crippen LogP contribution in [0.2, 0.25) is 0 Å². The van der Waals surface area contributed by atoms with Crippen molar-refractivity contribution in [2.45, 2.75) is 57.1 Å². The molecule has 0 bridgehead atoms. The van der Waals surface area contributed by atoms with E-state index in [0.717, 1.165) is 51.0 Å². The minimum absolute atomic E-state index is 0.0590. The first-order valence-corrected chi connectivity index (χ1v) is 13.3. The number of fused-ring (bicyclic) bond motifs is 1. The van der Waals surface area contributed by atoms with Crippen molar-refractivity contribution in [1.29, 1.82) is 0 Å². The van der Waals surface area contributed by atoms with Crippen molar-refractivity contribution >= 4 is 16.8 Å². The van der Waals surface area contributed by atoms with Crippen molar-refractivity contribution in [3.63, 3.8) is 0 Å². The first-order valence-electron chi connectivity index (χ1n) is 13.3. The molecule has 226 valence electrons. The van der Waals surface area contributed by atoms with E-state index in [1.807, 2.05) is 0 Å². The van der Waals surface area contributed by atoms with Crippen molar-refractivity contribution < 1.29 is 41.7 Å². The number of halogens is 5. The van der Waals surface area contributed by atoms with E-state index < -0.39 is 58.4 Å². The number of nitrogens with zero attached hydrogens (tertiary/aromatic N) is 3. The molecule has 0 saturated heterocycles. The summed E-state index contributed by atoms with van der Waals surface area (Å²) >= 11 is 0. The summed E-state index contributed by atoms with van der Waals surface area (Å²) in [5, 5.41) is 32.4. The Morgan fingerprint density at radius 2 is 1.70 bits per heavy atom. The van der Waals surface area contributed by atoms with Gasteiger partial charge in [0.1, 0.15) is 22.8 Å². The van der Waals surface area contributed by atoms with E-state index in [1.54, 1.807) is 13.0 Å². The molecule has 2 aromatic carbocycles. The average Bonchev–Trinajstić information content (AvgIpc) is 3.74. The zero-order valence-electron chi connectivity index (χ0n) is 23.3. The number of carbonyl (C=O) groups is 1. The first-order chi connectivity index (χ1) is 20.1. The maximum absolute atomic E-state index is 15.5. The Bertz CT molecular complexity index is 1700. The highest BCUT2D eigenvalue weighted by Crippen LogP contribution is 2.41. The van der Waals surface area contributed by atoms with Gasteiger partial charge in [-0.15, -0.1) is 5.10 Å². The van der Waals surface area contributed by atoms with E-state index in [1.165, 1.54) is 12.1 Å². The molecule has 1 aliphatic rings. The number of aryl methyl sites for hydroxylation is 1. The second kappa shape index (κ2) is 10.8. The number of nitrogens with one attached hydrogen (secondary N) is 1. The molecule has 43 heavy (non-hydrogen) atoms. The van der Waals surface area contributed by atoms with Crippen LogP contribution in [0.1, 0.15) is 54.0 Å².